The van der Waals surface area contributed by atoms with Crippen LogP contribution in [0.1, 0.15) is 50.7 Å². The van der Waals surface area contributed by atoms with E-state index in [0.29, 0.717) is 0 Å². The van der Waals surface area contributed by atoms with Crippen LogP contribution in [0.5, 0.6) is 0 Å². The van der Waals surface area contributed by atoms with Gasteiger partial charge < -0.3 is 0 Å². The van der Waals surface area contributed by atoms with Crippen LogP contribution in [0.4, 0.5) is 4.39 Å². The highest BCUT2D eigenvalue weighted by molar-refractivity contribution is 5.94. The molecule has 0 radical (unpaired) electrons. The monoisotopic (exact) mass is 410 g/mol. The number of aryl methyl sites for hydroxylation is 2. The van der Waals surface area contributed by atoms with E-state index in [2.05, 4.69) is 68.4 Å². The molecule has 0 spiro atoms. The summed E-state index contributed by atoms with van der Waals surface area (Å²) < 4.78 is 13.3. The molecule has 0 heterocycles. The van der Waals surface area contributed by atoms with Crippen LogP contribution in [0.15, 0.2) is 78.9 Å². The minimum absolute atomic E-state index is 0.197. The van der Waals surface area contributed by atoms with Gasteiger partial charge in [-0.2, -0.15) is 0 Å². The molecule has 1 heteroatoms. The molecule has 0 aliphatic rings. The van der Waals surface area contributed by atoms with Gasteiger partial charge in [-0.1, -0.05) is 93.4 Å². The first-order valence-corrected chi connectivity index (χ1v) is 11.6. The molecule has 0 amide bonds. The Bertz CT molecular complexity index is 1140. The lowest BCUT2D eigenvalue weighted by Gasteiger charge is -2.19. The topological polar surface area (TPSA) is 0 Å². The molecule has 4 rings (SSSR count). The number of rotatable bonds is 8. The summed E-state index contributed by atoms with van der Waals surface area (Å²) in [7, 11) is 0. The molecule has 4 aromatic rings. The van der Waals surface area contributed by atoms with Gasteiger partial charge >= 0.3 is 0 Å². The van der Waals surface area contributed by atoms with Crippen molar-refractivity contribution in [1.82, 2.24) is 0 Å². The molecule has 0 saturated carbocycles. The fourth-order valence-corrected chi connectivity index (χ4v) is 4.49. The highest BCUT2D eigenvalue weighted by Gasteiger charge is 2.15. The Balaban J connectivity index is 1.84. The summed E-state index contributed by atoms with van der Waals surface area (Å²) in [5.41, 5.74) is 7.82. The van der Waals surface area contributed by atoms with Crippen molar-refractivity contribution in [2.24, 2.45) is 0 Å². The molecule has 0 bridgehead atoms. The maximum Gasteiger partial charge on any atom is 0.123 e. The van der Waals surface area contributed by atoms with Crippen molar-refractivity contribution in [2.75, 3.05) is 0 Å². The van der Waals surface area contributed by atoms with E-state index in [4.69, 9.17) is 0 Å². The van der Waals surface area contributed by atoms with E-state index in [1.807, 2.05) is 12.1 Å². The Morgan fingerprint density at radius 2 is 1.23 bits per heavy atom. The molecular weight excluding hydrogens is 379 g/mol. The summed E-state index contributed by atoms with van der Waals surface area (Å²) in [5.74, 6) is -0.197. The summed E-state index contributed by atoms with van der Waals surface area (Å²) in [6.45, 7) is 4.52. The van der Waals surface area contributed by atoms with Crippen LogP contribution in [-0.2, 0) is 12.8 Å². The zero-order chi connectivity index (χ0) is 21.6. The third kappa shape index (κ3) is 4.71. The smallest absolute Gasteiger partial charge is 0.123 e. The molecule has 158 valence electrons. The normalized spacial score (nSPS) is 11.2. The maximum absolute atomic E-state index is 13.3. The zero-order valence-electron chi connectivity index (χ0n) is 18.6. The molecule has 0 nitrogen and oxygen atoms in total. The van der Waals surface area contributed by atoms with Crippen LogP contribution in [0.25, 0.3) is 33.0 Å². The molecule has 0 unspecified atom stereocenters. The Morgan fingerprint density at radius 3 is 1.90 bits per heavy atom. The van der Waals surface area contributed by atoms with Gasteiger partial charge in [-0.05, 0) is 82.0 Å². The number of unbranched alkanes of at least 4 members (excludes halogenated alkanes) is 2. The summed E-state index contributed by atoms with van der Waals surface area (Å²) in [5, 5.41) is 2.74. The fourth-order valence-electron chi connectivity index (χ4n) is 4.49. The molecule has 0 fully saturated rings. The number of benzene rings is 4. The minimum atomic E-state index is -0.197. The van der Waals surface area contributed by atoms with Gasteiger partial charge in [-0.15, -0.1) is 0 Å². The molecule has 4 aromatic carbocycles. The van der Waals surface area contributed by atoms with E-state index in [1.54, 1.807) is 0 Å². The second-order valence-corrected chi connectivity index (χ2v) is 8.40. The fraction of sp³-hybridized carbons (Fsp3) is 0.267. The van der Waals surface area contributed by atoms with Crippen LogP contribution in [0.3, 0.4) is 0 Å². The summed E-state index contributed by atoms with van der Waals surface area (Å²) >= 11 is 0. The number of fused-ring (bicyclic) bond motifs is 1. The molecule has 31 heavy (non-hydrogen) atoms. The first-order chi connectivity index (χ1) is 15.2. The minimum Gasteiger partial charge on any atom is -0.207 e. The predicted molar refractivity (Wildman–Crippen MR) is 132 cm³/mol. The zero-order valence-corrected chi connectivity index (χ0v) is 18.6. The standard InChI is InChI=1S/C30H31F/c1-3-5-9-26-21-25-10-7-8-12-28(25)29(11-6-4-2)30(26)24-15-13-22(14-16-24)23-17-19-27(31)20-18-23/h7-8,10,12-21H,3-6,9,11H2,1-2H3. The Labute approximate surface area is 185 Å². The van der Waals surface area contributed by atoms with E-state index < -0.39 is 0 Å². The van der Waals surface area contributed by atoms with Crippen molar-refractivity contribution in [3.05, 3.63) is 95.8 Å². The molecule has 0 atom stereocenters. The third-order valence-electron chi connectivity index (χ3n) is 6.17. The van der Waals surface area contributed by atoms with Gasteiger partial charge in [0, 0.05) is 0 Å². The highest BCUT2D eigenvalue weighted by atomic mass is 19.1. The molecule has 0 aliphatic carbocycles. The van der Waals surface area contributed by atoms with Crippen molar-refractivity contribution in [1.29, 1.82) is 0 Å². The quantitative estimate of drug-likeness (QED) is 0.272. The van der Waals surface area contributed by atoms with Crippen molar-refractivity contribution >= 4 is 10.8 Å². The van der Waals surface area contributed by atoms with Gasteiger partial charge in [0.2, 0.25) is 0 Å². The molecule has 0 saturated heterocycles. The highest BCUT2D eigenvalue weighted by Crippen LogP contribution is 2.37. The van der Waals surface area contributed by atoms with Crippen molar-refractivity contribution in [3.8, 4) is 22.3 Å². The van der Waals surface area contributed by atoms with Crippen molar-refractivity contribution in [2.45, 2.75) is 52.4 Å². The first-order valence-electron chi connectivity index (χ1n) is 11.6. The van der Waals surface area contributed by atoms with Gasteiger partial charge in [-0.3, -0.25) is 0 Å². The Morgan fingerprint density at radius 1 is 0.645 bits per heavy atom. The van der Waals surface area contributed by atoms with Crippen LogP contribution in [0.2, 0.25) is 0 Å². The Hall–Kier alpha value is -2.93. The van der Waals surface area contributed by atoms with Crippen molar-refractivity contribution < 1.29 is 4.39 Å². The maximum atomic E-state index is 13.3. The Kier molecular flexibility index (Phi) is 6.82. The van der Waals surface area contributed by atoms with Gasteiger partial charge in [0.25, 0.3) is 0 Å². The van der Waals surface area contributed by atoms with Gasteiger partial charge in [0.05, 0.1) is 0 Å². The van der Waals surface area contributed by atoms with E-state index >= 15 is 0 Å². The van der Waals surface area contributed by atoms with Crippen molar-refractivity contribution in [3.63, 3.8) is 0 Å². The second-order valence-electron chi connectivity index (χ2n) is 8.40. The first kappa shape index (κ1) is 21.3. The van der Waals surface area contributed by atoms with Gasteiger partial charge in [0.1, 0.15) is 5.82 Å². The van der Waals surface area contributed by atoms with E-state index in [0.717, 1.165) is 24.0 Å². The summed E-state index contributed by atoms with van der Waals surface area (Å²) in [4.78, 5) is 0. The van der Waals surface area contributed by atoms with Crippen LogP contribution >= 0.6 is 0 Å². The number of halogens is 1. The average Bonchev–Trinajstić information content (AvgIpc) is 2.81. The van der Waals surface area contributed by atoms with Crippen LogP contribution in [-0.4, -0.2) is 0 Å². The lowest BCUT2D eigenvalue weighted by atomic mass is 9.85. The molecule has 0 aliphatic heterocycles. The van der Waals surface area contributed by atoms with Gasteiger partial charge in [0.15, 0.2) is 0 Å². The van der Waals surface area contributed by atoms with Gasteiger partial charge in [-0.25, -0.2) is 4.39 Å². The SMILES string of the molecule is CCCCc1cc2ccccc2c(CCCC)c1-c1ccc(-c2ccc(F)cc2)cc1. The second kappa shape index (κ2) is 9.92. The molecule has 0 N–H and O–H groups in total. The average molecular weight is 411 g/mol. The number of hydrogen-bond acceptors (Lipinski definition) is 0. The third-order valence-corrected chi connectivity index (χ3v) is 6.17. The molecular formula is C30H31F. The van der Waals surface area contributed by atoms with Crippen LogP contribution in [0, 0.1) is 5.82 Å². The largest absolute Gasteiger partial charge is 0.207 e. The summed E-state index contributed by atoms with van der Waals surface area (Å²) in [6, 6.07) is 26.8. The van der Waals surface area contributed by atoms with Crippen LogP contribution < -0.4 is 0 Å². The molecule has 0 aromatic heterocycles. The van der Waals surface area contributed by atoms with E-state index in [9.17, 15) is 4.39 Å². The summed E-state index contributed by atoms with van der Waals surface area (Å²) in [6.07, 6.45) is 6.99. The number of hydrogen-bond donors (Lipinski definition) is 0. The lowest BCUT2D eigenvalue weighted by Crippen LogP contribution is -1.99. The lowest BCUT2D eigenvalue weighted by molar-refractivity contribution is 0.628. The predicted octanol–water partition coefficient (Wildman–Crippen LogP) is 9.00. The van der Waals surface area contributed by atoms with E-state index in [-0.39, 0.29) is 5.82 Å². The van der Waals surface area contributed by atoms with E-state index in [1.165, 1.54) is 70.8 Å².